The fourth-order valence-corrected chi connectivity index (χ4v) is 5.61. The fourth-order valence-electron chi connectivity index (χ4n) is 4.71. The molecule has 0 N–H and O–H groups in total. The van der Waals surface area contributed by atoms with Crippen LogP contribution < -0.4 is 0 Å². The maximum absolute atomic E-state index is 12.1. The Morgan fingerprint density at radius 3 is 2.57 bits per heavy atom. The number of piperidine rings is 1. The number of hydrogen-bond acceptors (Lipinski definition) is 6. The Bertz CT molecular complexity index is 776. The molecule has 0 amide bonds. The summed E-state index contributed by atoms with van der Waals surface area (Å²) in [6, 6.07) is 0.760. The van der Waals surface area contributed by atoms with Crippen LogP contribution in [0.2, 0.25) is 0 Å². The highest BCUT2D eigenvalue weighted by molar-refractivity contribution is 7.88. The second-order valence-corrected chi connectivity index (χ2v) is 10.8. The molecule has 3 rings (SSSR count). The van der Waals surface area contributed by atoms with Crippen molar-refractivity contribution < 1.29 is 13.2 Å². The Morgan fingerprint density at radius 1 is 1.20 bits per heavy atom. The number of ether oxygens (including phenoxy) is 1. The van der Waals surface area contributed by atoms with Gasteiger partial charge in [0, 0.05) is 76.3 Å². The zero-order valence-electron chi connectivity index (χ0n) is 19.1. The third kappa shape index (κ3) is 6.26. The van der Waals surface area contributed by atoms with Crippen molar-refractivity contribution in [1.29, 1.82) is 0 Å². The topological polar surface area (TPSA) is 70.9 Å². The van der Waals surface area contributed by atoms with Crippen LogP contribution in [0.1, 0.15) is 43.9 Å². The zero-order chi connectivity index (χ0) is 21.7. The first-order valence-electron chi connectivity index (χ1n) is 11.3. The van der Waals surface area contributed by atoms with Gasteiger partial charge in [-0.2, -0.15) is 5.10 Å². The molecular formula is C21H39N5O3S. The Kier molecular flexibility index (Phi) is 8.31. The molecule has 2 aliphatic heterocycles. The molecule has 3 heterocycles. The Morgan fingerprint density at radius 2 is 1.93 bits per heavy atom. The predicted molar refractivity (Wildman–Crippen MR) is 119 cm³/mol. The number of likely N-dealkylation sites (N-methyl/N-ethyl adjacent to an activating group) is 1. The first-order chi connectivity index (χ1) is 14.3. The minimum atomic E-state index is -3.14. The van der Waals surface area contributed by atoms with Crippen molar-refractivity contribution in [2.24, 2.45) is 0 Å². The van der Waals surface area contributed by atoms with Gasteiger partial charge in [0.05, 0.1) is 11.9 Å². The van der Waals surface area contributed by atoms with Gasteiger partial charge in [0.15, 0.2) is 0 Å². The molecule has 172 valence electrons. The summed E-state index contributed by atoms with van der Waals surface area (Å²) in [5.41, 5.74) is 2.37. The van der Waals surface area contributed by atoms with Gasteiger partial charge in [-0.15, -0.1) is 0 Å². The molecule has 1 atom stereocenters. The van der Waals surface area contributed by atoms with Gasteiger partial charge in [-0.05, 0) is 46.6 Å². The SMILES string of the molecule is CCn1cc(CN(C)CCN(C2CCOCC2)C2CCCN(S(C)(=O)=O)C2)c(C)n1. The van der Waals surface area contributed by atoms with Crippen LogP contribution >= 0.6 is 0 Å². The zero-order valence-corrected chi connectivity index (χ0v) is 19.9. The Balaban J connectivity index is 1.64. The van der Waals surface area contributed by atoms with E-state index in [9.17, 15) is 8.42 Å². The molecule has 0 saturated carbocycles. The van der Waals surface area contributed by atoms with E-state index >= 15 is 0 Å². The molecular weight excluding hydrogens is 402 g/mol. The van der Waals surface area contributed by atoms with E-state index in [-0.39, 0.29) is 6.04 Å². The van der Waals surface area contributed by atoms with Crippen molar-refractivity contribution in [3.63, 3.8) is 0 Å². The van der Waals surface area contributed by atoms with E-state index in [2.05, 4.69) is 42.0 Å². The second-order valence-electron chi connectivity index (χ2n) is 8.83. The summed E-state index contributed by atoms with van der Waals surface area (Å²) in [5.74, 6) is 0. The molecule has 0 bridgehead atoms. The van der Waals surface area contributed by atoms with Crippen LogP contribution in [0.4, 0.5) is 0 Å². The van der Waals surface area contributed by atoms with Gasteiger partial charge in [-0.1, -0.05) is 0 Å². The van der Waals surface area contributed by atoms with Gasteiger partial charge in [0.1, 0.15) is 0 Å². The number of aromatic nitrogens is 2. The number of nitrogens with zero attached hydrogens (tertiary/aromatic N) is 5. The van der Waals surface area contributed by atoms with Gasteiger partial charge in [0.25, 0.3) is 0 Å². The van der Waals surface area contributed by atoms with Crippen LogP contribution in [0.15, 0.2) is 6.20 Å². The van der Waals surface area contributed by atoms with Crippen molar-refractivity contribution in [2.75, 3.05) is 52.7 Å². The highest BCUT2D eigenvalue weighted by Gasteiger charge is 2.33. The summed E-state index contributed by atoms with van der Waals surface area (Å²) < 4.78 is 33.5. The largest absolute Gasteiger partial charge is 0.381 e. The summed E-state index contributed by atoms with van der Waals surface area (Å²) in [6.07, 6.45) is 7.54. The average Bonchev–Trinajstić information content (AvgIpc) is 3.08. The van der Waals surface area contributed by atoms with Crippen molar-refractivity contribution >= 4 is 10.0 Å². The lowest BCUT2D eigenvalue weighted by Crippen LogP contribution is -2.55. The maximum atomic E-state index is 12.1. The molecule has 1 aromatic heterocycles. The standard InChI is InChI=1S/C21H39N5O3S/c1-5-24-16-19(18(2)22-24)15-23(3)11-12-26(20-8-13-29-14-9-20)21-7-6-10-25(17-21)30(4,27)28/h16,20-21H,5-15,17H2,1-4H3. The Labute approximate surface area is 182 Å². The van der Waals surface area contributed by atoms with Gasteiger partial charge in [-0.3, -0.25) is 9.58 Å². The first kappa shape index (κ1) is 23.7. The lowest BCUT2D eigenvalue weighted by Gasteiger charge is -2.44. The monoisotopic (exact) mass is 441 g/mol. The van der Waals surface area contributed by atoms with Gasteiger partial charge >= 0.3 is 0 Å². The molecule has 0 radical (unpaired) electrons. The molecule has 2 fully saturated rings. The second kappa shape index (κ2) is 10.5. The summed E-state index contributed by atoms with van der Waals surface area (Å²) >= 11 is 0. The molecule has 0 spiro atoms. The lowest BCUT2D eigenvalue weighted by atomic mass is 9.99. The molecule has 0 aliphatic carbocycles. The molecule has 2 saturated heterocycles. The minimum Gasteiger partial charge on any atom is -0.381 e. The summed E-state index contributed by atoms with van der Waals surface area (Å²) in [6.45, 7) is 10.7. The molecule has 8 nitrogen and oxygen atoms in total. The van der Waals surface area contributed by atoms with E-state index in [1.165, 1.54) is 11.8 Å². The number of hydrogen-bond donors (Lipinski definition) is 0. The van der Waals surface area contributed by atoms with Crippen LogP contribution in [0.3, 0.4) is 0 Å². The summed E-state index contributed by atoms with van der Waals surface area (Å²) in [5, 5.41) is 4.56. The third-order valence-corrected chi connectivity index (χ3v) is 7.78. The molecule has 1 unspecified atom stereocenters. The van der Waals surface area contributed by atoms with Gasteiger partial charge in [0.2, 0.25) is 10.0 Å². The molecule has 30 heavy (non-hydrogen) atoms. The van der Waals surface area contributed by atoms with Crippen LogP contribution in [0, 0.1) is 6.92 Å². The Hall–Kier alpha value is -1.00. The van der Waals surface area contributed by atoms with Crippen molar-refractivity contribution in [3.8, 4) is 0 Å². The highest BCUT2D eigenvalue weighted by Crippen LogP contribution is 2.24. The first-order valence-corrected chi connectivity index (χ1v) is 13.1. The van der Waals surface area contributed by atoms with E-state index in [1.54, 1.807) is 4.31 Å². The third-order valence-electron chi connectivity index (χ3n) is 6.51. The maximum Gasteiger partial charge on any atom is 0.211 e. The quantitative estimate of drug-likeness (QED) is 0.579. The van der Waals surface area contributed by atoms with Crippen LogP contribution in [0.25, 0.3) is 0 Å². The van der Waals surface area contributed by atoms with Crippen molar-refractivity contribution in [3.05, 3.63) is 17.5 Å². The molecule has 2 aliphatic rings. The van der Waals surface area contributed by atoms with Crippen LogP contribution in [-0.2, 0) is 27.8 Å². The van der Waals surface area contributed by atoms with E-state index in [4.69, 9.17) is 4.74 Å². The van der Waals surface area contributed by atoms with E-state index in [0.29, 0.717) is 19.1 Å². The molecule has 9 heteroatoms. The van der Waals surface area contributed by atoms with E-state index < -0.39 is 10.0 Å². The molecule has 0 aromatic carbocycles. The number of sulfonamides is 1. The smallest absolute Gasteiger partial charge is 0.211 e. The number of aryl methyl sites for hydroxylation is 2. The van der Waals surface area contributed by atoms with E-state index in [1.807, 2.05) is 4.68 Å². The minimum absolute atomic E-state index is 0.287. The predicted octanol–water partition coefficient (Wildman–Crippen LogP) is 1.55. The van der Waals surface area contributed by atoms with Gasteiger partial charge < -0.3 is 9.64 Å². The highest BCUT2D eigenvalue weighted by atomic mass is 32.2. The average molecular weight is 442 g/mol. The summed E-state index contributed by atoms with van der Waals surface area (Å²) in [4.78, 5) is 4.94. The van der Waals surface area contributed by atoms with Crippen molar-refractivity contribution in [2.45, 2.75) is 64.7 Å². The number of rotatable bonds is 9. The van der Waals surface area contributed by atoms with E-state index in [0.717, 1.165) is 70.8 Å². The van der Waals surface area contributed by atoms with Crippen LogP contribution in [0.5, 0.6) is 0 Å². The van der Waals surface area contributed by atoms with Gasteiger partial charge in [-0.25, -0.2) is 12.7 Å². The fraction of sp³-hybridized carbons (Fsp3) is 0.857. The molecule has 1 aromatic rings. The lowest BCUT2D eigenvalue weighted by molar-refractivity contribution is 0.00274. The van der Waals surface area contributed by atoms with Crippen molar-refractivity contribution in [1.82, 2.24) is 23.9 Å². The van der Waals surface area contributed by atoms with Crippen LogP contribution in [-0.4, -0.2) is 97.1 Å². The summed E-state index contributed by atoms with van der Waals surface area (Å²) in [7, 11) is -0.976. The normalized spacial score (nSPS) is 22.3.